The van der Waals surface area contributed by atoms with Crippen molar-refractivity contribution in [1.29, 1.82) is 0 Å². The monoisotopic (exact) mass is 426 g/mol. The minimum atomic E-state index is -0.307. The summed E-state index contributed by atoms with van der Waals surface area (Å²) in [5.74, 6) is 0.370. The summed E-state index contributed by atoms with van der Waals surface area (Å²) < 4.78 is 25.5. The first-order valence-corrected chi connectivity index (χ1v) is 11.1. The summed E-state index contributed by atoms with van der Waals surface area (Å²) in [4.78, 5) is 21.4. The average molecular weight is 426 g/mol. The Bertz CT molecular complexity index is 937. The van der Waals surface area contributed by atoms with E-state index >= 15 is 0 Å². The summed E-state index contributed by atoms with van der Waals surface area (Å²) in [5, 5.41) is 6.45. The van der Waals surface area contributed by atoms with Crippen LogP contribution in [0.25, 0.3) is 11.3 Å². The van der Waals surface area contributed by atoms with Crippen molar-refractivity contribution in [2.75, 3.05) is 18.5 Å². The van der Waals surface area contributed by atoms with E-state index in [1.165, 1.54) is 18.6 Å². The number of carbonyl (C=O) groups is 1. The molecule has 3 heterocycles. The van der Waals surface area contributed by atoms with Gasteiger partial charge in [0.1, 0.15) is 18.0 Å². The first-order valence-electron chi connectivity index (χ1n) is 11.1. The highest BCUT2D eigenvalue weighted by molar-refractivity contribution is 5.79. The predicted octanol–water partition coefficient (Wildman–Crippen LogP) is 2.93. The highest BCUT2D eigenvalue weighted by Gasteiger charge is 2.48. The molecule has 4 atom stereocenters. The summed E-state index contributed by atoms with van der Waals surface area (Å²) in [5.41, 5.74) is 1.33. The molecule has 1 saturated carbocycles. The maximum atomic E-state index is 13.6. The molecule has 31 heavy (non-hydrogen) atoms. The van der Waals surface area contributed by atoms with E-state index in [4.69, 9.17) is 9.47 Å². The highest BCUT2D eigenvalue weighted by atomic mass is 19.1. The molecule has 2 aromatic rings. The van der Waals surface area contributed by atoms with Crippen molar-refractivity contribution >= 4 is 11.9 Å². The summed E-state index contributed by atoms with van der Waals surface area (Å²) in [6, 6.07) is 7.81. The van der Waals surface area contributed by atoms with Gasteiger partial charge in [-0.2, -0.15) is 0 Å². The summed E-state index contributed by atoms with van der Waals surface area (Å²) in [7, 11) is 0. The molecule has 2 saturated heterocycles. The molecular formula is C23H27FN4O3. The highest BCUT2D eigenvalue weighted by Crippen LogP contribution is 2.30. The molecule has 5 rings (SSSR count). The third-order valence-electron chi connectivity index (χ3n) is 6.45. The van der Waals surface area contributed by atoms with Gasteiger partial charge in [0.25, 0.3) is 0 Å². The molecule has 2 aliphatic heterocycles. The van der Waals surface area contributed by atoms with E-state index in [0.717, 1.165) is 25.7 Å². The van der Waals surface area contributed by atoms with Gasteiger partial charge in [-0.1, -0.05) is 31.4 Å². The molecule has 164 valence electrons. The zero-order valence-corrected chi connectivity index (χ0v) is 17.3. The standard InChI is InChI=1S/C23H27FN4O3/c24-16-8-4-7-15(11-16)17-9-10-25-23(27-17)28-19-13-31-20-18(12-30-21(19)20)26-22(29)14-5-2-1-3-6-14/h4,7-11,14,18-21H,1-3,5-6,12-13H2,(H,26,29)(H,25,27,28). The largest absolute Gasteiger partial charge is 0.371 e. The molecule has 3 aliphatic rings. The molecule has 3 fully saturated rings. The number of nitrogens with one attached hydrogen (secondary N) is 2. The van der Waals surface area contributed by atoms with Crippen molar-refractivity contribution in [2.24, 2.45) is 5.92 Å². The van der Waals surface area contributed by atoms with Crippen molar-refractivity contribution in [1.82, 2.24) is 15.3 Å². The summed E-state index contributed by atoms with van der Waals surface area (Å²) in [6.07, 6.45) is 6.69. The number of aromatic nitrogens is 2. The third-order valence-corrected chi connectivity index (χ3v) is 6.45. The molecule has 1 aromatic heterocycles. The van der Waals surface area contributed by atoms with Crippen molar-refractivity contribution in [3.05, 3.63) is 42.3 Å². The fourth-order valence-corrected chi connectivity index (χ4v) is 4.81. The second kappa shape index (κ2) is 8.88. The Hall–Kier alpha value is -2.58. The van der Waals surface area contributed by atoms with E-state index in [1.54, 1.807) is 18.3 Å². The van der Waals surface area contributed by atoms with Gasteiger partial charge < -0.3 is 20.1 Å². The normalized spacial score (nSPS) is 28.3. The molecule has 2 N–H and O–H groups in total. The number of halogens is 1. The van der Waals surface area contributed by atoms with Crippen LogP contribution < -0.4 is 10.6 Å². The van der Waals surface area contributed by atoms with Crippen LogP contribution in [0.2, 0.25) is 0 Å². The molecular weight excluding hydrogens is 399 g/mol. The third kappa shape index (κ3) is 4.41. The summed E-state index contributed by atoms with van der Waals surface area (Å²) >= 11 is 0. The first kappa shape index (κ1) is 20.3. The van der Waals surface area contributed by atoms with Gasteiger partial charge >= 0.3 is 0 Å². The second-order valence-electron chi connectivity index (χ2n) is 8.57. The van der Waals surface area contributed by atoms with Crippen LogP contribution in [0, 0.1) is 11.7 Å². The lowest BCUT2D eigenvalue weighted by Crippen LogP contribution is -2.47. The van der Waals surface area contributed by atoms with Crippen LogP contribution in [0.5, 0.6) is 0 Å². The number of carbonyl (C=O) groups excluding carboxylic acids is 1. The quantitative estimate of drug-likeness (QED) is 0.765. The van der Waals surface area contributed by atoms with Crippen LogP contribution >= 0.6 is 0 Å². The molecule has 8 heteroatoms. The first-order chi connectivity index (χ1) is 15.2. The Morgan fingerprint density at radius 2 is 1.81 bits per heavy atom. The number of benzene rings is 1. The molecule has 4 unspecified atom stereocenters. The van der Waals surface area contributed by atoms with Crippen LogP contribution in [-0.4, -0.2) is 53.4 Å². The van der Waals surface area contributed by atoms with Crippen molar-refractivity contribution < 1.29 is 18.7 Å². The Morgan fingerprint density at radius 1 is 1.03 bits per heavy atom. The number of anilines is 1. The lowest BCUT2D eigenvalue weighted by molar-refractivity contribution is -0.127. The lowest BCUT2D eigenvalue weighted by Gasteiger charge is -2.24. The minimum Gasteiger partial charge on any atom is -0.371 e. The van der Waals surface area contributed by atoms with Crippen molar-refractivity contribution in [3.63, 3.8) is 0 Å². The minimum absolute atomic E-state index is 0.113. The fraction of sp³-hybridized carbons (Fsp3) is 0.522. The molecule has 0 spiro atoms. The van der Waals surface area contributed by atoms with Gasteiger partial charge in [0, 0.05) is 17.7 Å². The van der Waals surface area contributed by atoms with Crippen LogP contribution in [0.3, 0.4) is 0 Å². The van der Waals surface area contributed by atoms with Crippen LogP contribution in [0.4, 0.5) is 10.3 Å². The van der Waals surface area contributed by atoms with Crippen LogP contribution in [0.15, 0.2) is 36.5 Å². The topological polar surface area (TPSA) is 85.4 Å². The van der Waals surface area contributed by atoms with Crippen LogP contribution in [-0.2, 0) is 14.3 Å². The number of ether oxygens (including phenoxy) is 2. The maximum Gasteiger partial charge on any atom is 0.223 e. The van der Waals surface area contributed by atoms with Crippen molar-refractivity contribution in [2.45, 2.75) is 56.4 Å². The van der Waals surface area contributed by atoms with Gasteiger partial charge in [0.2, 0.25) is 11.9 Å². The van der Waals surface area contributed by atoms with E-state index in [2.05, 4.69) is 20.6 Å². The van der Waals surface area contributed by atoms with Gasteiger partial charge in [-0.25, -0.2) is 14.4 Å². The number of amides is 1. The van der Waals surface area contributed by atoms with E-state index in [0.29, 0.717) is 30.4 Å². The Kier molecular flexibility index (Phi) is 5.82. The van der Waals surface area contributed by atoms with E-state index in [1.807, 2.05) is 6.07 Å². The SMILES string of the molecule is O=C(NC1COC2C(Nc3nccc(-c4cccc(F)c4)n3)COC12)C1CCCCC1. The van der Waals surface area contributed by atoms with E-state index < -0.39 is 0 Å². The Labute approximate surface area is 180 Å². The van der Waals surface area contributed by atoms with Gasteiger partial charge in [-0.05, 0) is 31.0 Å². The molecule has 1 aliphatic carbocycles. The predicted molar refractivity (Wildman–Crippen MR) is 113 cm³/mol. The average Bonchev–Trinajstić information content (AvgIpc) is 3.38. The van der Waals surface area contributed by atoms with E-state index in [9.17, 15) is 9.18 Å². The fourth-order valence-electron chi connectivity index (χ4n) is 4.81. The number of nitrogens with zero attached hydrogens (tertiary/aromatic N) is 2. The molecule has 0 radical (unpaired) electrons. The van der Waals surface area contributed by atoms with E-state index in [-0.39, 0.29) is 41.9 Å². The number of rotatable bonds is 5. The Morgan fingerprint density at radius 3 is 2.61 bits per heavy atom. The Balaban J connectivity index is 1.22. The van der Waals surface area contributed by atoms with Gasteiger partial charge in [-0.3, -0.25) is 4.79 Å². The zero-order chi connectivity index (χ0) is 21.2. The van der Waals surface area contributed by atoms with Crippen LogP contribution in [0.1, 0.15) is 32.1 Å². The number of fused-ring (bicyclic) bond motifs is 1. The number of hydrogen-bond acceptors (Lipinski definition) is 6. The molecule has 0 bridgehead atoms. The van der Waals surface area contributed by atoms with Gasteiger partial charge in [-0.15, -0.1) is 0 Å². The smallest absolute Gasteiger partial charge is 0.223 e. The lowest BCUT2D eigenvalue weighted by atomic mass is 9.88. The molecule has 1 aromatic carbocycles. The maximum absolute atomic E-state index is 13.6. The van der Waals surface area contributed by atoms with Crippen molar-refractivity contribution in [3.8, 4) is 11.3 Å². The zero-order valence-electron chi connectivity index (χ0n) is 17.3. The number of hydrogen-bond donors (Lipinski definition) is 2. The second-order valence-corrected chi connectivity index (χ2v) is 8.57. The summed E-state index contributed by atoms with van der Waals surface area (Å²) in [6.45, 7) is 0.884. The molecule has 7 nitrogen and oxygen atoms in total. The van der Waals surface area contributed by atoms with Gasteiger partial charge in [0.15, 0.2) is 0 Å². The van der Waals surface area contributed by atoms with Gasteiger partial charge in [0.05, 0.1) is 31.0 Å². The molecule has 1 amide bonds.